The molecule has 0 N–H and O–H groups in total. The molecule has 0 fully saturated rings. The summed E-state index contributed by atoms with van der Waals surface area (Å²) in [6.07, 6.45) is 0.999. The summed E-state index contributed by atoms with van der Waals surface area (Å²) >= 11 is 9.36. The van der Waals surface area contributed by atoms with Gasteiger partial charge in [0, 0.05) is 11.0 Å². The summed E-state index contributed by atoms with van der Waals surface area (Å²) in [6, 6.07) is 5.64. The van der Waals surface area contributed by atoms with Crippen LogP contribution in [0.4, 0.5) is 0 Å². The molecule has 0 bridgehead atoms. The smallest absolute Gasteiger partial charge is 0.137 e. The Morgan fingerprint density at radius 1 is 1.40 bits per heavy atom. The van der Waals surface area contributed by atoms with Gasteiger partial charge in [0.15, 0.2) is 0 Å². The Morgan fingerprint density at radius 3 is 2.73 bits per heavy atom. The first-order chi connectivity index (χ1) is 7.09. The molecule has 0 aliphatic heterocycles. The first-order valence-corrected chi connectivity index (χ1v) is 5.99. The van der Waals surface area contributed by atoms with Crippen LogP contribution < -0.4 is 4.74 Å². The molecule has 0 spiro atoms. The standard InChI is InChI=1S/C11H15BrClNO/c1-14(2)6-3-7-15-11-5-4-9(12)8-10(11)13/h4-5,8H,3,6-7H2,1-2H3. The molecular formula is C11H15BrClNO. The van der Waals surface area contributed by atoms with E-state index in [9.17, 15) is 0 Å². The van der Waals surface area contributed by atoms with Crippen LogP contribution in [-0.2, 0) is 0 Å². The number of rotatable bonds is 5. The SMILES string of the molecule is CN(C)CCCOc1ccc(Br)cc1Cl. The number of nitrogens with zero attached hydrogens (tertiary/aromatic N) is 1. The Bertz CT molecular complexity index is 317. The van der Waals surface area contributed by atoms with E-state index < -0.39 is 0 Å². The van der Waals surface area contributed by atoms with Crippen LogP contribution >= 0.6 is 27.5 Å². The van der Waals surface area contributed by atoms with Gasteiger partial charge in [-0.25, -0.2) is 0 Å². The van der Waals surface area contributed by atoms with Gasteiger partial charge < -0.3 is 9.64 Å². The van der Waals surface area contributed by atoms with Crippen molar-refractivity contribution < 1.29 is 4.74 Å². The highest BCUT2D eigenvalue weighted by molar-refractivity contribution is 9.10. The summed E-state index contributed by atoms with van der Waals surface area (Å²) in [5.41, 5.74) is 0. The zero-order valence-electron chi connectivity index (χ0n) is 8.96. The summed E-state index contributed by atoms with van der Waals surface area (Å²) in [4.78, 5) is 2.13. The van der Waals surface area contributed by atoms with Gasteiger partial charge in [-0.15, -0.1) is 0 Å². The van der Waals surface area contributed by atoms with Gasteiger partial charge in [0.1, 0.15) is 5.75 Å². The first kappa shape index (κ1) is 12.8. The number of hydrogen-bond donors (Lipinski definition) is 0. The molecule has 84 valence electrons. The van der Waals surface area contributed by atoms with E-state index in [0.717, 1.165) is 23.2 Å². The maximum absolute atomic E-state index is 6.01. The van der Waals surface area contributed by atoms with Crippen LogP contribution in [0.5, 0.6) is 5.75 Å². The molecule has 0 aromatic heterocycles. The summed E-state index contributed by atoms with van der Waals surface area (Å²) in [5.74, 6) is 0.749. The lowest BCUT2D eigenvalue weighted by Gasteiger charge is -2.11. The van der Waals surface area contributed by atoms with E-state index in [1.807, 2.05) is 32.3 Å². The third kappa shape index (κ3) is 4.87. The van der Waals surface area contributed by atoms with E-state index >= 15 is 0 Å². The maximum Gasteiger partial charge on any atom is 0.137 e. The topological polar surface area (TPSA) is 12.5 Å². The molecular weight excluding hydrogens is 277 g/mol. The van der Waals surface area contributed by atoms with Crippen LogP contribution in [0.25, 0.3) is 0 Å². The fourth-order valence-electron chi connectivity index (χ4n) is 1.16. The average Bonchev–Trinajstić information content (AvgIpc) is 2.14. The van der Waals surface area contributed by atoms with Gasteiger partial charge in [-0.1, -0.05) is 27.5 Å². The number of benzene rings is 1. The average molecular weight is 293 g/mol. The summed E-state index contributed by atoms with van der Waals surface area (Å²) in [6.45, 7) is 1.72. The minimum Gasteiger partial charge on any atom is -0.492 e. The van der Waals surface area contributed by atoms with Crippen LogP contribution in [0.1, 0.15) is 6.42 Å². The van der Waals surface area contributed by atoms with Crippen molar-refractivity contribution in [1.82, 2.24) is 4.90 Å². The summed E-state index contributed by atoms with van der Waals surface area (Å²) < 4.78 is 6.53. The number of hydrogen-bond acceptors (Lipinski definition) is 2. The van der Waals surface area contributed by atoms with Crippen molar-refractivity contribution in [3.63, 3.8) is 0 Å². The van der Waals surface area contributed by atoms with E-state index in [0.29, 0.717) is 11.6 Å². The van der Waals surface area contributed by atoms with E-state index in [2.05, 4.69) is 20.8 Å². The van der Waals surface area contributed by atoms with Crippen molar-refractivity contribution in [3.8, 4) is 5.75 Å². The van der Waals surface area contributed by atoms with Crippen LogP contribution in [-0.4, -0.2) is 32.1 Å². The van der Waals surface area contributed by atoms with E-state index in [1.54, 1.807) is 0 Å². The Hall–Kier alpha value is -0.250. The maximum atomic E-state index is 6.01. The summed E-state index contributed by atoms with van der Waals surface area (Å²) in [5, 5.41) is 0.647. The fraction of sp³-hybridized carbons (Fsp3) is 0.455. The highest BCUT2D eigenvalue weighted by Crippen LogP contribution is 2.27. The molecule has 0 aliphatic rings. The predicted molar refractivity (Wildman–Crippen MR) is 67.8 cm³/mol. The molecule has 1 rings (SSSR count). The lowest BCUT2D eigenvalue weighted by molar-refractivity contribution is 0.281. The Labute approximate surface area is 104 Å². The lowest BCUT2D eigenvalue weighted by Crippen LogP contribution is -2.15. The molecule has 0 atom stereocenters. The zero-order valence-corrected chi connectivity index (χ0v) is 11.3. The molecule has 0 amide bonds. The third-order valence-electron chi connectivity index (χ3n) is 1.90. The highest BCUT2D eigenvalue weighted by atomic mass is 79.9. The molecule has 4 heteroatoms. The van der Waals surface area contributed by atoms with Crippen molar-refractivity contribution in [3.05, 3.63) is 27.7 Å². The van der Waals surface area contributed by atoms with Crippen molar-refractivity contribution in [2.24, 2.45) is 0 Å². The third-order valence-corrected chi connectivity index (χ3v) is 2.69. The van der Waals surface area contributed by atoms with Gasteiger partial charge in [-0.05, 0) is 38.7 Å². The Morgan fingerprint density at radius 2 is 2.13 bits per heavy atom. The van der Waals surface area contributed by atoms with Crippen LogP contribution in [0.3, 0.4) is 0 Å². The molecule has 0 saturated carbocycles. The minimum atomic E-state index is 0.647. The molecule has 1 aromatic rings. The van der Waals surface area contributed by atoms with Gasteiger partial charge in [-0.3, -0.25) is 0 Å². The molecule has 0 saturated heterocycles. The second-order valence-corrected chi connectivity index (χ2v) is 4.90. The molecule has 2 nitrogen and oxygen atoms in total. The lowest BCUT2D eigenvalue weighted by atomic mass is 10.3. The van der Waals surface area contributed by atoms with Gasteiger partial charge in [0.2, 0.25) is 0 Å². The van der Waals surface area contributed by atoms with E-state index in [-0.39, 0.29) is 0 Å². The van der Waals surface area contributed by atoms with Crippen LogP contribution in [0, 0.1) is 0 Å². The molecule has 0 heterocycles. The van der Waals surface area contributed by atoms with Gasteiger partial charge in [0.25, 0.3) is 0 Å². The predicted octanol–water partition coefficient (Wildman–Crippen LogP) is 3.43. The van der Waals surface area contributed by atoms with Gasteiger partial charge >= 0.3 is 0 Å². The molecule has 0 radical (unpaired) electrons. The summed E-state index contributed by atoms with van der Waals surface area (Å²) in [7, 11) is 4.10. The monoisotopic (exact) mass is 291 g/mol. The zero-order chi connectivity index (χ0) is 11.3. The van der Waals surface area contributed by atoms with Gasteiger partial charge in [0.05, 0.1) is 11.6 Å². The minimum absolute atomic E-state index is 0.647. The van der Waals surface area contributed by atoms with E-state index in [4.69, 9.17) is 16.3 Å². The van der Waals surface area contributed by atoms with Crippen molar-refractivity contribution in [1.29, 1.82) is 0 Å². The van der Waals surface area contributed by atoms with Gasteiger partial charge in [-0.2, -0.15) is 0 Å². The normalized spacial score (nSPS) is 10.7. The number of halogens is 2. The number of ether oxygens (including phenoxy) is 1. The van der Waals surface area contributed by atoms with Crippen molar-refractivity contribution in [2.75, 3.05) is 27.2 Å². The Kier molecular flexibility index (Phi) is 5.43. The molecule has 1 aromatic carbocycles. The van der Waals surface area contributed by atoms with Crippen molar-refractivity contribution >= 4 is 27.5 Å². The van der Waals surface area contributed by atoms with Crippen LogP contribution in [0.2, 0.25) is 5.02 Å². The van der Waals surface area contributed by atoms with E-state index in [1.165, 1.54) is 0 Å². The highest BCUT2D eigenvalue weighted by Gasteiger charge is 2.01. The quantitative estimate of drug-likeness (QED) is 0.771. The molecule has 0 aliphatic carbocycles. The largest absolute Gasteiger partial charge is 0.492 e. The first-order valence-electron chi connectivity index (χ1n) is 4.82. The fourth-order valence-corrected chi connectivity index (χ4v) is 1.88. The molecule has 0 unspecified atom stereocenters. The van der Waals surface area contributed by atoms with Crippen molar-refractivity contribution in [2.45, 2.75) is 6.42 Å². The molecule has 15 heavy (non-hydrogen) atoms. The van der Waals surface area contributed by atoms with Crippen LogP contribution in [0.15, 0.2) is 22.7 Å². The second-order valence-electron chi connectivity index (χ2n) is 3.58. The Balaban J connectivity index is 2.37. The second kappa shape index (κ2) is 6.36.